The number of ether oxygens (including phenoxy) is 2. The van der Waals surface area contributed by atoms with Crippen molar-refractivity contribution in [2.45, 2.75) is 64.1 Å². The molecular weight excluding hydrogens is 320 g/mol. The maximum atomic E-state index is 13.0. The molecule has 5 rings (SSSR count). The van der Waals surface area contributed by atoms with Crippen LogP contribution in [0.3, 0.4) is 0 Å². The van der Waals surface area contributed by atoms with Gasteiger partial charge in [-0.3, -0.25) is 9.59 Å². The van der Waals surface area contributed by atoms with E-state index in [-0.39, 0.29) is 35.1 Å². The average molecular weight is 348 g/mol. The maximum Gasteiger partial charge on any atom is 0.315 e. The number of hydrogen-bond acceptors (Lipinski definition) is 5. The second-order valence-electron chi connectivity index (χ2n) is 9.67. The molecule has 0 aromatic carbocycles. The number of aliphatic hydroxyl groups excluding tert-OH is 1. The monoisotopic (exact) mass is 348 g/mol. The molecule has 1 unspecified atom stereocenters. The van der Waals surface area contributed by atoms with E-state index < -0.39 is 17.1 Å². The van der Waals surface area contributed by atoms with E-state index in [0.717, 1.165) is 25.7 Å². The van der Waals surface area contributed by atoms with Crippen LogP contribution in [0.1, 0.15) is 52.4 Å². The van der Waals surface area contributed by atoms with Gasteiger partial charge in [0.25, 0.3) is 0 Å². The topological polar surface area (TPSA) is 72.8 Å². The minimum absolute atomic E-state index is 0.119. The Morgan fingerprint density at radius 1 is 1.28 bits per heavy atom. The molecule has 1 spiro atoms. The van der Waals surface area contributed by atoms with Crippen LogP contribution >= 0.6 is 0 Å². The number of rotatable bonds is 1. The number of fused-ring (bicyclic) bond motifs is 1. The zero-order valence-corrected chi connectivity index (χ0v) is 15.3. The van der Waals surface area contributed by atoms with Crippen LogP contribution in [-0.2, 0) is 19.1 Å². The van der Waals surface area contributed by atoms with Crippen molar-refractivity contribution in [1.82, 2.24) is 0 Å². The summed E-state index contributed by atoms with van der Waals surface area (Å²) in [4.78, 5) is 25.9. The molecule has 4 bridgehead atoms. The molecule has 0 radical (unpaired) electrons. The van der Waals surface area contributed by atoms with Crippen LogP contribution in [0.15, 0.2) is 0 Å². The van der Waals surface area contributed by atoms with Gasteiger partial charge in [-0.1, -0.05) is 6.92 Å². The third kappa shape index (κ3) is 1.53. The molecule has 5 aliphatic rings. The number of methoxy groups -OCH3 is 1. The average Bonchev–Trinajstić information content (AvgIpc) is 3.05. The summed E-state index contributed by atoms with van der Waals surface area (Å²) >= 11 is 0. The second-order valence-corrected chi connectivity index (χ2v) is 9.67. The molecule has 0 amide bonds. The first-order chi connectivity index (χ1) is 11.8. The Morgan fingerprint density at radius 2 is 2.04 bits per heavy atom. The molecule has 5 nitrogen and oxygen atoms in total. The highest BCUT2D eigenvalue weighted by Crippen LogP contribution is 2.78. The fourth-order valence-electron chi connectivity index (χ4n) is 8.19. The van der Waals surface area contributed by atoms with Crippen molar-refractivity contribution in [3.05, 3.63) is 0 Å². The molecule has 5 heteroatoms. The highest BCUT2D eigenvalue weighted by atomic mass is 16.6. The van der Waals surface area contributed by atoms with Crippen molar-refractivity contribution in [1.29, 1.82) is 0 Å². The molecule has 4 aliphatic carbocycles. The SMILES string of the molecule is COC(=O)[C@H]1[C@@H]2[C@@]3(C)C(=O)O[C@@]2(CC[C@@H]3O)C2CC[C@@H]3C[C@@]21C[C@@H]3C. The van der Waals surface area contributed by atoms with Crippen LogP contribution in [0.4, 0.5) is 0 Å². The molecule has 0 aromatic heterocycles. The van der Waals surface area contributed by atoms with Gasteiger partial charge in [-0.25, -0.2) is 0 Å². The van der Waals surface area contributed by atoms with Gasteiger partial charge in [-0.05, 0) is 62.7 Å². The normalized spacial score (nSPS) is 58.5. The minimum Gasteiger partial charge on any atom is -0.469 e. The van der Waals surface area contributed by atoms with Gasteiger partial charge in [-0.15, -0.1) is 0 Å². The molecule has 138 valence electrons. The second kappa shape index (κ2) is 4.59. The van der Waals surface area contributed by atoms with E-state index in [4.69, 9.17) is 9.47 Å². The van der Waals surface area contributed by atoms with E-state index >= 15 is 0 Å². The Hall–Kier alpha value is -1.10. The van der Waals surface area contributed by atoms with E-state index in [2.05, 4.69) is 6.92 Å². The van der Waals surface area contributed by atoms with Gasteiger partial charge in [0.1, 0.15) is 5.60 Å². The quantitative estimate of drug-likeness (QED) is 0.736. The number of carbonyl (C=O) groups is 2. The van der Waals surface area contributed by atoms with E-state index in [1.165, 1.54) is 7.11 Å². The maximum absolute atomic E-state index is 13.0. The van der Waals surface area contributed by atoms with Crippen LogP contribution in [0.25, 0.3) is 0 Å². The fraction of sp³-hybridized carbons (Fsp3) is 0.900. The summed E-state index contributed by atoms with van der Waals surface area (Å²) in [5.74, 6) is 0.394. The molecule has 1 aliphatic heterocycles. The predicted octanol–water partition coefficient (Wildman–Crippen LogP) is 2.30. The van der Waals surface area contributed by atoms with Crippen LogP contribution in [0.5, 0.6) is 0 Å². The Bertz CT molecular complexity index is 656. The third-order valence-corrected chi connectivity index (χ3v) is 9.06. The number of hydrogen-bond donors (Lipinski definition) is 1. The lowest BCUT2D eigenvalue weighted by Gasteiger charge is -2.44. The van der Waals surface area contributed by atoms with Gasteiger partial charge in [0.2, 0.25) is 0 Å². The van der Waals surface area contributed by atoms with Crippen LogP contribution in [0, 0.1) is 40.4 Å². The van der Waals surface area contributed by atoms with Gasteiger partial charge in [-0.2, -0.15) is 0 Å². The van der Waals surface area contributed by atoms with E-state index in [9.17, 15) is 14.7 Å². The van der Waals surface area contributed by atoms with Crippen molar-refractivity contribution in [3.8, 4) is 0 Å². The van der Waals surface area contributed by atoms with Crippen molar-refractivity contribution in [2.24, 2.45) is 40.4 Å². The molecule has 25 heavy (non-hydrogen) atoms. The summed E-state index contributed by atoms with van der Waals surface area (Å²) in [5.41, 5.74) is -1.67. The first-order valence-electron chi connectivity index (χ1n) is 9.80. The van der Waals surface area contributed by atoms with Crippen LogP contribution in [0.2, 0.25) is 0 Å². The first-order valence-corrected chi connectivity index (χ1v) is 9.80. The standard InChI is InChI=1S/C20H28O5/c1-10-8-19-9-11(10)4-5-12(19)20-7-6-13(21)18(2,17(23)25-20)15(20)14(19)16(22)24-3/h10-15,21H,4-9H2,1-3H3/t10-,11+,12?,13-,14+,15+,18-,19-,20-/m0/s1. The van der Waals surface area contributed by atoms with E-state index in [1.807, 2.05) is 6.92 Å². The van der Waals surface area contributed by atoms with E-state index in [1.54, 1.807) is 0 Å². The zero-order valence-electron chi connectivity index (χ0n) is 15.3. The highest BCUT2D eigenvalue weighted by Gasteiger charge is 2.83. The Kier molecular flexibility index (Phi) is 2.96. The Labute approximate surface area is 148 Å². The summed E-state index contributed by atoms with van der Waals surface area (Å²) in [5, 5.41) is 10.7. The summed E-state index contributed by atoms with van der Waals surface area (Å²) in [6.45, 7) is 4.13. The molecule has 1 heterocycles. The molecule has 9 atom stereocenters. The third-order valence-electron chi connectivity index (χ3n) is 9.06. The van der Waals surface area contributed by atoms with Crippen molar-refractivity contribution >= 4 is 11.9 Å². The summed E-state index contributed by atoms with van der Waals surface area (Å²) in [7, 11) is 1.45. The van der Waals surface area contributed by atoms with Gasteiger partial charge >= 0.3 is 11.9 Å². The minimum atomic E-state index is -0.982. The van der Waals surface area contributed by atoms with Gasteiger partial charge in [0, 0.05) is 11.8 Å². The molecule has 1 saturated heterocycles. The number of aliphatic hydroxyl groups is 1. The molecule has 0 aromatic rings. The lowest BCUT2D eigenvalue weighted by molar-refractivity contribution is -0.163. The number of esters is 2. The zero-order chi connectivity index (χ0) is 17.8. The highest BCUT2D eigenvalue weighted by molar-refractivity contribution is 5.85. The predicted molar refractivity (Wildman–Crippen MR) is 88.2 cm³/mol. The smallest absolute Gasteiger partial charge is 0.315 e. The molecule has 5 fully saturated rings. The summed E-state index contributed by atoms with van der Waals surface area (Å²) in [6.07, 6.45) is 4.77. The van der Waals surface area contributed by atoms with Gasteiger partial charge < -0.3 is 14.6 Å². The largest absolute Gasteiger partial charge is 0.469 e. The summed E-state index contributed by atoms with van der Waals surface area (Å²) < 4.78 is 11.4. The fourth-order valence-corrected chi connectivity index (χ4v) is 8.19. The molecule has 1 N–H and O–H groups in total. The van der Waals surface area contributed by atoms with Crippen molar-refractivity contribution in [2.75, 3.05) is 7.11 Å². The van der Waals surface area contributed by atoms with Crippen LogP contribution in [-0.4, -0.2) is 35.9 Å². The van der Waals surface area contributed by atoms with Crippen molar-refractivity contribution in [3.63, 3.8) is 0 Å². The van der Waals surface area contributed by atoms with Crippen molar-refractivity contribution < 1.29 is 24.2 Å². The summed E-state index contributed by atoms with van der Waals surface area (Å²) in [6, 6.07) is 0. The first kappa shape index (κ1) is 16.1. The Balaban J connectivity index is 1.73. The van der Waals surface area contributed by atoms with E-state index in [0.29, 0.717) is 24.7 Å². The van der Waals surface area contributed by atoms with Crippen LogP contribution < -0.4 is 0 Å². The van der Waals surface area contributed by atoms with Gasteiger partial charge in [0.15, 0.2) is 0 Å². The lowest BCUT2D eigenvalue weighted by atomic mass is 9.59. The molecular formula is C20H28O5. The lowest BCUT2D eigenvalue weighted by Crippen LogP contribution is -2.53. The number of carbonyl (C=O) groups excluding carboxylic acids is 2. The van der Waals surface area contributed by atoms with Gasteiger partial charge in [0.05, 0.1) is 24.5 Å². The molecule has 4 saturated carbocycles. The Morgan fingerprint density at radius 3 is 2.76 bits per heavy atom.